The summed E-state index contributed by atoms with van der Waals surface area (Å²) in [5, 5.41) is 12.2. The third-order valence-corrected chi connectivity index (χ3v) is 7.09. The van der Waals surface area contributed by atoms with Crippen molar-refractivity contribution in [1.82, 2.24) is 5.32 Å². The number of nitrogens with one attached hydrogen (secondary N) is 1. The highest BCUT2D eigenvalue weighted by molar-refractivity contribution is 5.91. The van der Waals surface area contributed by atoms with Crippen LogP contribution in [0.1, 0.15) is 61.4 Å². The maximum atomic E-state index is 12.4. The van der Waals surface area contributed by atoms with E-state index in [1.54, 1.807) is 24.3 Å². The number of carbonyl (C=O) groups excluding carboxylic acids is 2. The molecule has 1 amide bonds. The van der Waals surface area contributed by atoms with Gasteiger partial charge in [-0.05, 0) is 86.3 Å². The van der Waals surface area contributed by atoms with Gasteiger partial charge in [-0.15, -0.1) is 0 Å². The highest BCUT2D eigenvalue weighted by atomic mass is 16.5. The van der Waals surface area contributed by atoms with E-state index in [4.69, 9.17) is 9.84 Å². The summed E-state index contributed by atoms with van der Waals surface area (Å²) in [6.07, 6.45) is 7.85. The summed E-state index contributed by atoms with van der Waals surface area (Å²) in [5.74, 6) is 1.79. The molecule has 0 aliphatic heterocycles. The standard InChI is InChI=1S/C22H29NO4/c1-14(22-9-16-6-17(10-22)8-18(7-16)11-22)23-20(25)13-27-21(26)19-4-2-15(12-24)3-5-19/h2-5,14,16-18,24H,6-13H2,1H3,(H,23,25)/t14-,16?,17?,18?,22?/m0/s1. The second-order valence-electron chi connectivity index (χ2n) is 9.00. The van der Waals surface area contributed by atoms with Gasteiger partial charge in [0.05, 0.1) is 12.2 Å². The summed E-state index contributed by atoms with van der Waals surface area (Å²) in [5.41, 5.74) is 1.36. The highest BCUT2D eigenvalue weighted by Gasteiger charge is 2.53. The number of hydrogen-bond acceptors (Lipinski definition) is 4. The van der Waals surface area contributed by atoms with Gasteiger partial charge in [0.2, 0.25) is 0 Å². The molecule has 146 valence electrons. The fourth-order valence-corrected chi connectivity index (χ4v) is 6.10. The minimum Gasteiger partial charge on any atom is -0.452 e. The predicted octanol–water partition coefficient (Wildman–Crippen LogP) is 3.06. The maximum Gasteiger partial charge on any atom is 0.338 e. The van der Waals surface area contributed by atoms with Gasteiger partial charge in [-0.1, -0.05) is 12.1 Å². The van der Waals surface area contributed by atoms with Crippen LogP contribution in [0.25, 0.3) is 0 Å². The molecule has 4 fully saturated rings. The lowest BCUT2D eigenvalue weighted by Gasteiger charge is -2.59. The quantitative estimate of drug-likeness (QED) is 0.754. The smallest absolute Gasteiger partial charge is 0.338 e. The first-order valence-electron chi connectivity index (χ1n) is 10.1. The zero-order chi connectivity index (χ0) is 19.0. The normalized spacial score (nSPS) is 32.1. The lowest BCUT2D eigenvalue weighted by atomic mass is 9.48. The van der Waals surface area contributed by atoms with Gasteiger partial charge in [0, 0.05) is 6.04 Å². The van der Waals surface area contributed by atoms with Gasteiger partial charge >= 0.3 is 5.97 Å². The van der Waals surface area contributed by atoms with E-state index in [0.29, 0.717) is 5.56 Å². The molecule has 1 aromatic rings. The van der Waals surface area contributed by atoms with E-state index in [1.807, 2.05) is 0 Å². The van der Waals surface area contributed by atoms with Gasteiger partial charge in [-0.25, -0.2) is 4.79 Å². The van der Waals surface area contributed by atoms with Gasteiger partial charge in [0.1, 0.15) is 0 Å². The molecule has 0 saturated heterocycles. The van der Waals surface area contributed by atoms with E-state index in [1.165, 1.54) is 38.5 Å². The molecule has 5 rings (SSSR count). The Balaban J connectivity index is 1.29. The minimum atomic E-state index is -0.517. The van der Waals surface area contributed by atoms with Crippen LogP contribution in [0.15, 0.2) is 24.3 Å². The van der Waals surface area contributed by atoms with Crippen molar-refractivity contribution in [2.24, 2.45) is 23.2 Å². The van der Waals surface area contributed by atoms with Crippen LogP contribution in [0.2, 0.25) is 0 Å². The van der Waals surface area contributed by atoms with Crippen LogP contribution >= 0.6 is 0 Å². The SMILES string of the molecule is C[C@H](NC(=O)COC(=O)c1ccc(CO)cc1)C12CC3CC(CC(C3)C1)C2. The van der Waals surface area contributed by atoms with Crippen molar-refractivity contribution in [3.8, 4) is 0 Å². The first-order valence-corrected chi connectivity index (χ1v) is 10.1. The van der Waals surface area contributed by atoms with Gasteiger partial charge in [-0.3, -0.25) is 4.79 Å². The lowest BCUT2D eigenvalue weighted by molar-refractivity contribution is -0.128. The molecule has 5 heteroatoms. The summed E-state index contributed by atoms with van der Waals surface area (Å²) in [6.45, 7) is 1.80. The Morgan fingerprint density at radius 3 is 2.19 bits per heavy atom. The molecule has 4 aliphatic rings. The number of hydrogen-bond donors (Lipinski definition) is 2. The lowest BCUT2D eigenvalue weighted by Crippen LogP contribution is -2.56. The van der Waals surface area contributed by atoms with Crippen molar-refractivity contribution in [2.45, 2.75) is 58.1 Å². The van der Waals surface area contributed by atoms with E-state index in [0.717, 1.165) is 23.3 Å². The van der Waals surface area contributed by atoms with Crippen molar-refractivity contribution in [2.75, 3.05) is 6.61 Å². The molecular formula is C22H29NO4. The van der Waals surface area contributed by atoms with Crippen LogP contribution < -0.4 is 5.32 Å². The van der Waals surface area contributed by atoms with Crippen molar-refractivity contribution in [1.29, 1.82) is 0 Å². The average Bonchev–Trinajstić information content (AvgIpc) is 2.65. The fourth-order valence-electron chi connectivity index (χ4n) is 6.10. The van der Waals surface area contributed by atoms with Gasteiger partial charge in [0.15, 0.2) is 6.61 Å². The van der Waals surface area contributed by atoms with Crippen LogP contribution in [0, 0.1) is 23.2 Å². The summed E-state index contributed by atoms with van der Waals surface area (Å²) in [6, 6.07) is 6.67. The van der Waals surface area contributed by atoms with Gasteiger partial charge < -0.3 is 15.2 Å². The van der Waals surface area contributed by atoms with Crippen molar-refractivity contribution >= 4 is 11.9 Å². The number of carbonyl (C=O) groups is 2. The molecule has 27 heavy (non-hydrogen) atoms. The molecule has 4 saturated carbocycles. The summed E-state index contributed by atoms with van der Waals surface area (Å²) in [7, 11) is 0. The molecule has 5 nitrogen and oxygen atoms in total. The zero-order valence-corrected chi connectivity index (χ0v) is 15.9. The largest absolute Gasteiger partial charge is 0.452 e. The summed E-state index contributed by atoms with van der Waals surface area (Å²) >= 11 is 0. The van der Waals surface area contributed by atoms with Crippen LogP contribution in [-0.2, 0) is 16.1 Å². The number of amides is 1. The maximum absolute atomic E-state index is 12.4. The van der Waals surface area contributed by atoms with E-state index >= 15 is 0 Å². The van der Waals surface area contributed by atoms with Crippen LogP contribution in [-0.4, -0.2) is 29.6 Å². The minimum absolute atomic E-state index is 0.0695. The molecule has 0 spiro atoms. The molecule has 4 bridgehead atoms. The first kappa shape index (κ1) is 18.5. The van der Waals surface area contributed by atoms with Gasteiger partial charge in [-0.2, -0.15) is 0 Å². The number of aliphatic hydroxyl groups excluding tert-OH is 1. The molecule has 1 aromatic carbocycles. The Hall–Kier alpha value is -1.88. The van der Waals surface area contributed by atoms with E-state index < -0.39 is 5.97 Å². The van der Waals surface area contributed by atoms with E-state index in [2.05, 4.69) is 12.2 Å². The molecule has 4 aliphatic carbocycles. The average molecular weight is 371 g/mol. The Morgan fingerprint density at radius 1 is 1.11 bits per heavy atom. The third-order valence-electron chi connectivity index (χ3n) is 7.09. The summed E-state index contributed by atoms with van der Waals surface area (Å²) in [4.78, 5) is 24.5. The third kappa shape index (κ3) is 3.75. The number of rotatable bonds is 6. The number of ether oxygens (including phenoxy) is 1. The zero-order valence-electron chi connectivity index (χ0n) is 15.9. The van der Waals surface area contributed by atoms with Crippen LogP contribution in [0.4, 0.5) is 0 Å². The van der Waals surface area contributed by atoms with E-state index in [9.17, 15) is 9.59 Å². The van der Waals surface area contributed by atoms with Crippen LogP contribution in [0.3, 0.4) is 0 Å². The Labute approximate surface area is 160 Å². The van der Waals surface area contributed by atoms with Gasteiger partial charge in [0.25, 0.3) is 5.91 Å². The number of aliphatic hydroxyl groups is 1. The van der Waals surface area contributed by atoms with Crippen LogP contribution in [0.5, 0.6) is 0 Å². The molecule has 0 radical (unpaired) electrons. The van der Waals surface area contributed by atoms with Crippen molar-refractivity contribution < 1.29 is 19.4 Å². The topological polar surface area (TPSA) is 75.6 Å². The first-order chi connectivity index (χ1) is 13.0. The molecule has 1 atom stereocenters. The summed E-state index contributed by atoms with van der Waals surface area (Å²) < 4.78 is 5.17. The molecular weight excluding hydrogens is 342 g/mol. The molecule has 0 aromatic heterocycles. The number of esters is 1. The van der Waals surface area contributed by atoms with E-state index in [-0.39, 0.29) is 30.6 Å². The monoisotopic (exact) mass is 371 g/mol. The molecule has 2 N–H and O–H groups in total. The number of benzene rings is 1. The Morgan fingerprint density at radius 2 is 1.67 bits per heavy atom. The molecule has 0 heterocycles. The highest BCUT2D eigenvalue weighted by Crippen LogP contribution is 2.61. The predicted molar refractivity (Wildman–Crippen MR) is 101 cm³/mol. The second-order valence-corrected chi connectivity index (χ2v) is 9.00. The van der Waals surface area contributed by atoms with Crippen molar-refractivity contribution in [3.63, 3.8) is 0 Å². The second kappa shape index (κ2) is 7.27. The Kier molecular flexibility index (Phi) is 4.97. The van der Waals surface area contributed by atoms with Crippen molar-refractivity contribution in [3.05, 3.63) is 35.4 Å². The Bertz CT molecular complexity index is 676. The molecule has 0 unspecified atom stereocenters. The fraction of sp³-hybridized carbons (Fsp3) is 0.636.